The normalized spacial score (nSPS) is 14.5. The fraction of sp³-hybridized carbons (Fsp3) is 0.0455. The first kappa shape index (κ1) is 16.3. The van der Waals surface area contributed by atoms with Gasteiger partial charge in [-0.2, -0.15) is 0 Å². The predicted octanol–water partition coefficient (Wildman–Crippen LogP) is 3.40. The fourth-order valence-electron chi connectivity index (χ4n) is 4.05. The van der Waals surface area contributed by atoms with Gasteiger partial charge in [0.15, 0.2) is 0 Å². The molecule has 0 radical (unpaired) electrons. The summed E-state index contributed by atoms with van der Waals surface area (Å²) >= 11 is 0. The van der Waals surface area contributed by atoms with Gasteiger partial charge in [0, 0.05) is 11.3 Å². The van der Waals surface area contributed by atoms with Crippen LogP contribution < -0.4 is 11.1 Å². The molecule has 5 rings (SSSR count). The van der Waals surface area contributed by atoms with Crippen LogP contribution in [0.15, 0.2) is 60.7 Å². The van der Waals surface area contributed by atoms with Crippen LogP contribution in [0.3, 0.4) is 0 Å². The second-order valence-corrected chi connectivity index (χ2v) is 6.77. The van der Waals surface area contributed by atoms with Gasteiger partial charge in [0.1, 0.15) is 5.82 Å². The van der Waals surface area contributed by atoms with E-state index in [0.717, 1.165) is 38.9 Å². The SMILES string of the molecule is NC(=O)[C@@H]1c2ccccc2-c2c(-c3nc4ccc(NC=O)cc4[nH]3)cccc21. The Morgan fingerprint density at radius 3 is 2.64 bits per heavy atom. The zero-order valence-electron chi connectivity index (χ0n) is 14.8. The molecule has 0 spiro atoms. The number of amides is 2. The highest BCUT2D eigenvalue weighted by Crippen LogP contribution is 2.48. The lowest BCUT2D eigenvalue weighted by molar-refractivity contribution is -0.118. The lowest BCUT2D eigenvalue weighted by Gasteiger charge is -2.09. The summed E-state index contributed by atoms with van der Waals surface area (Å²) in [5.41, 5.74) is 12.7. The monoisotopic (exact) mass is 368 g/mol. The second kappa shape index (κ2) is 6.06. The van der Waals surface area contributed by atoms with Crippen LogP contribution in [0, 0.1) is 0 Å². The number of primary amides is 1. The number of H-pyrrole nitrogens is 1. The van der Waals surface area contributed by atoms with E-state index in [0.29, 0.717) is 17.9 Å². The van der Waals surface area contributed by atoms with Crippen molar-refractivity contribution in [3.63, 3.8) is 0 Å². The first-order valence-corrected chi connectivity index (χ1v) is 8.89. The molecule has 0 saturated carbocycles. The summed E-state index contributed by atoms with van der Waals surface area (Å²) in [6, 6.07) is 19.2. The number of hydrogen-bond donors (Lipinski definition) is 3. The lowest BCUT2D eigenvalue weighted by atomic mass is 9.95. The third-order valence-corrected chi connectivity index (χ3v) is 5.20. The zero-order chi connectivity index (χ0) is 19.3. The molecule has 0 fully saturated rings. The molecule has 0 unspecified atom stereocenters. The Morgan fingerprint density at radius 1 is 1.04 bits per heavy atom. The minimum atomic E-state index is -0.459. The van der Waals surface area contributed by atoms with Gasteiger partial charge >= 0.3 is 0 Å². The van der Waals surface area contributed by atoms with E-state index in [-0.39, 0.29) is 5.91 Å². The minimum absolute atomic E-state index is 0.363. The van der Waals surface area contributed by atoms with E-state index >= 15 is 0 Å². The van der Waals surface area contributed by atoms with Crippen molar-refractivity contribution in [3.05, 3.63) is 71.8 Å². The van der Waals surface area contributed by atoms with Gasteiger partial charge in [0.05, 0.1) is 17.0 Å². The Balaban J connectivity index is 1.73. The van der Waals surface area contributed by atoms with Crippen molar-refractivity contribution < 1.29 is 9.59 Å². The Hall–Kier alpha value is -3.93. The smallest absolute Gasteiger partial charge is 0.229 e. The van der Waals surface area contributed by atoms with Crippen LogP contribution in [-0.4, -0.2) is 22.3 Å². The summed E-state index contributed by atoms with van der Waals surface area (Å²) in [4.78, 5) is 30.9. The van der Waals surface area contributed by atoms with Gasteiger partial charge < -0.3 is 16.0 Å². The van der Waals surface area contributed by atoms with Crippen molar-refractivity contribution in [3.8, 4) is 22.5 Å². The maximum Gasteiger partial charge on any atom is 0.229 e. The van der Waals surface area contributed by atoms with E-state index in [1.54, 1.807) is 6.07 Å². The molecule has 0 saturated heterocycles. The molecule has 3 aromatic carbocycles. The molecular formula is C22H16N4O2. The van der Waals surface area contributed by atoms with Crippen LogP contribution in [0.25, 0.3) is 33.5 Å². The highest BCUT2D eigenvalue weighted by molar-refractivity contribution is 6.00. The van der Waals surface area contributed by atoms with Gasteiger partial charge in [-0.25, -0.2) is 4.98 Å². The summed E-state index contributed by atoms with van der Waals surface area (Å²) in [6.07, 6.45) is 0.642. The number of aromatic nitrogens is 2. The Labute approximate surface area is 160 Å². The first-order chi connectivity index (χ1) is 13.7. The first-order valence-electron chi connectivity index (χ1n) is 8.89. The van der Waals surface area contributed by atoms with Gasteiger partial charge in [-0.1, -0.05) is 42.5 Å². The minimum Gasteiger partial charge on any atom is -0.369 e. The molecule has 6 heteroatoms. The summed E-state index contributed by atoms with van der Waals surface area (Å²) < 4.78 is 0. The number of nitrogens with two attached hydrogens (primary N) is 1. The number of benzene rings is 3. The van der Waals surface area contributed by atoms with Crippen LogP contribution >= 0.6 is 0 Å². The highest BCUT2D eigenvalue weighted by Gasteiger charge is 2.34. The fourth-order valence-corrected chi connectivity index (χ4v) is 4.05. The molecule has 1 aliphatic carbocycles. The van der Waals surface area contributed by atoms with Crippen LogP contribution in [0.1, 0.15) is 17.0 Å². The number of hydrogen-bond acceptors (Lipinski definition) is 3. The third kappa shape index (κ3) is 2.31. The quantitative estimate of drug-likeness (QED) is 0.481. The standard InChI is InChI=1S/C22H16N4O2/c23-21(28)20-14-5-2-1-4-13(14)19-15(20)6-3-7-16(19)22-25-17-9-8-12(24-11-27)10-18(17)26-22/h1-11,20H,(H2,23,28)(H,24,27)(H,25,26)/t20-/m1/s1. The van der Waals surface area contributed by atoms with E-state index in [1.807, 2.05) is 54.6 Å². The van der Waals surface area contributed by atoms with E-state index in [4.69, 9.17) is 10.7 Å². The highest BCUT2D eigenvalue weighted by atomic mass is 16.1. The molecule has 4 aromatic rings. The topological polar surface area (TPSA) is 101 Å². The molecule has 4 N–H and O–H groups in total. The maximum atomic E-state index is 12.2. The van der Waals surface area contributed by atoms with Crippen molar-refractivity contribution >= 4 is 29.0 Å². The molecule has 28 heavy (non-hydrogen) atoms. The van der Waals surface area contributed by atoms with Gasteiger partial charge in [-0.05, 0) is 40.5 Å². The van der Waals surface area contributed by atoms with Crippen LogP contribution in [0.4, 0.5) is 5.69 Å². The largest absolute Gasteiger partial charge is 0.369 e. The second-order valence-electron chi connectivity index (χ2n) is 6.77. The number of rotatable bonds is 4. The average molecular weight is 368 g/mol. The number of nitrogens with one attached hydrogen (secondary N) is 2. The molecule has 2 amide bonds. The van der Waals surface area contributed by atoms with Gasteiger partial charge in [0.25, 0.3) is 0 Å². The molecule has 1 heterocycles. The molecule has 1 aromatic heterocycles. The van der Waals surface area contributed by atoms with E-state index < -0.39 is 5.92 Å². The summed E-state index contributed by atoms with van der Waals surface area (Å²) in [6.45, 7) is 0. The van der Waals surface area contributed by atoms with Crippen LogP contribution in [0.5, 0.6) is 0 Å². The number of nitrogens with zero attached hydrogens (tertiary/aromatic N) is 1. The van der Waals surface area contributed by atoms with Crippen LogP contribution in [-0.2, 0) is 9.59 Å². The molecule has 136 valence electrons. The maximum absolute atomic E-state index is 12.2. The predicted molar refractivity (Wildman–Crippen MR) is 108 cm³/mol. The number of imidazole rings is 1. The van der Waals surface area contributed by atoms with E-state index in [9.17, 15) is 9.59 Å². The van der Waals surface area contributed by atoms with Crippen molar-refractivity contribution in [2.24, 2.45) is 5.73 Å². The van der Waals surface area contributed by atoms with Gasteiger partial charge in [-0.15, -0.1) is 0 Å². The number of carbonyl (C=O) groups excluding carboxylic acids is 2. The molecule has 0 bridgehead atoms. The van der Waals surface area contributed by atoms with Crippen molar-refractivity contribution in [2.75, 3.05) is 5.32 Å². The Bertz CT molecular complexity index is 1260. The number of fused-ring (bicyclic) bond motifs is 4. The van der Waals surface area contributed by atoms with E-state index in [1.165, 1.54) is 0 Å². The summed E-state index contributed by atoms with van der Waals surface area (Å²) in [7, 11) is 0. The number of carbonyl (C=O) groups is 2. The number of anilines is 1. The molecule has 6 nitrogen and oxygen atoms in total. The molecule has 1 atom stereocenters. The van der Waals surface area contributed by atoms with Gasteiger partial charge in [0.2, 0.25) is 12.3 Å². The van der Waals surface area contributed by atoms with Crippen LogP contribution in [0.2, 0.25) is 0 Å². The molecule has 0 aliphatic heterocycles. The lowest BCUT2D eigenvalue weighted by Crippen LogP contribution is -2.20. The summed E-state index contributed by atoms with van der Waals surface area (Å²) in [5, 5.41) is 2.64. The third-order valence-electron chi connectivity index (χ3n) is 5.20. The zero-order valence-corrected chi connectivity index (χ0v) is 14.8. The summed E-state index contributed by atoms with van der Waals surface area (Å²) in [5.74, 6) is -0.119. The van der Waals surface area contributed by atoms with Crippen molar-refractivity contribution in [2.45, 2.75) is 5.92 Å². The average Bonchev–Trinajstić information content (AvgIpc) is 3.26. The Morgan fingerprint density at radius 2 is 1.82 bits per heavy atom. The van der Waals surface area contributed by atoms with Gasteiger partial charge in [-0.3, -0.25) is 9.59 Å². The number of aromatic amines is 1. The Kier molecular flexibility index (Phi) is 3.52. The van der Waals surface area contributed by atoms with Crippen molar-refractivity contribution in [1.82, 2.24) is 9.97 Å². The molecule has 1 aliphatic rings. The van der Waals surface area contributed by atoms with E-state index in [2.05, 4.69) is 10.3 Å². The van der Waals surface area contributed by atoms with Crippen molar-refractivity contribution in [1.29, 1.82) is 0 Å². The molecular weight excluding hydrogens is 352 g/mol.